The molecule has 0 radical (unpaired) electrons. The summed E-state index contributed by atoms with van der Waals surface area (Å²) in [6.45, 7) is -0.397. The number of fused-ring (bicyclic) bond motifs is 1. The highest BCUT2D eigenvalue weighted by Crippen LogP contribution is 2.36. The molecule has 3 aromatic rings. The molecule has 0 unspecified atom stereocenters. The van der Waals surface area contributed by atoms with Crippen LogP contribution in [0, 0.1) is 0 Å². The molecule has 30 heavy (non-hydrogen) atoms. The van der Waals surface area contributed by atoms with Crippen molar-refractivity contribution < 1.29 is 23.9 Å². The Balaban J connectivity index is 1.64. The van der Waals surface area contributed by atoms with Gasteiger partial charge in [0, 0.05) is 22.7 Å². The number of primary amides is 1. The number of hydrogen-bond donors (Lipinski definition) is 4. The number of hydrazine groups is 1. The third-order valence-corrected chi connectivity index (χ3v) is 4.47. The van der Waals surface area contributed by atoms with Gasteiger partial charge in [0.15, 0.2) is 18.1 Å². The summed E-state index contributed by atoms with van der Waals surface area (Å²) in [7, 11) is 1.35. The van der Waals surface area contributed by atoms with Gasteiger partial charge in [-0.15, -0.1) is 0 Å². The zero-order chi connectivity index (χ0) is 21.7. The van der Waals surface area contributed by atoms with E-state index in [9.17, 15) is 14.4 Å². The average molecular weight is 431 g/mol. The third-order valence-electron chi connectivity index (χ3n) is 4.19. The normalized spacial score (nSPS) is 10.5. The van der Waals surface area contributed by atoms with Crippen molar-refractivity contribution in [1.29, 1.82) is 0 Å². The van der Waals surface area contributed by atoms with Gasteiger partial charge >= 0.3 is 0 Å². The molecule has 5 N–H and O–H groups in total. The van der Waals surface area contributed by atoms with E-state index in [1.54, 1.807) is 6.20 Å². The SMILES string of the molecule is COc1cc(C(=O)NNC(=O)Cc2c[nH]c3ccccc23)cc(Cl)c1OCC(N)=O. The van der Waals surface area contributed by atoms with Crippen LogP contribution in [0.25, 0.3) is 10.9 Å². The number of nitrogens with two attached hydrogens (primary N) is 1. The zero-order valence-corrected chi connectivity index (χ0v) is 16.7. The lowest BCUT2D eigenvalue weighted by molar-refractivity contribution is -0.121. The highest BCUT2D eigenvalue weighted by molar-refractivity contribution is 6.32. The molecular weight excluding hydrogens is 412 g/mol. The standard InChI is InChI=1S/C20H19ClN4O5/c1-29-16-7-11(6-14(21)19(16)30-10-17(22)26)20(28)25-24-18(27)8-12-9-23-15-5-3-2-4-13(12)15/h2-7,9,23H,8,10H2,1H3,(H2,22,26)(H,24,27)(H,25,28). The summed E-state index contributed by atoms with van der Waals surface area (Å²) < 4.78 is 10.4. The van der Waals surface area contributed by atoms with E-state index in [4.69, 9.17) is 26.8 Å². The lowest BCUT2D eigenvalue weighted by Crippen LogP contribution is -2.42. The zero-order valence-electron chi connectivity index (χ0n) is 16.0. The molecule has 1 aromatic heterocycles. The predicted octanol–water partition coefficient (Wildman–Crippen LogP) is 1.70. The molecule has 0 fully saturated rings. The Morgan fingerprint density at radius 2 is 1.93 bits per heavy atom. The summed E-state index contributed by atoms with van der Waals surface area (Å²) >= 11 is 6.13. The number of nitrogens with one attached hydrogen (secondary N) is 3. The number of aromatic nitrogens is 1. The van der Waals surface area contributed by atoms with Gasteiger partial charge in [0.1, 0.15) is 0 Å². The molecule has 3 rings (SSSR count). The molecule has 3 amide bonds. The van der Waals surface area contributed by atoms with Gasteiger partial charge in [-0.25, -0.2) is 0 Å². The number of carbonyl (C=O) groups is 3. The van der Waals surface area contributed by atoms with Gasteiger partial charge in [0.25, 0.3) is 11.8 Å². The van der Waals surface area contributed by atoms with Crippen LogP contribution in [0.1, 0.15) is 15.9 Å². The van der Waals surface area contributed by atoms with E-state index < -0.39 is 24.3 Å². The fraction of sp³-hybridized carbons (Fsp3) is 0.150. The number of para-hydroxylation sites is 1. The number of hydrogen-bond acceptors (Lipinski definition) is 5. The molecule has 1 heterocycles. The van der Waals surface area contributed by atoms with Gasteiger partial charge in [0.05, 0.1) is 18.6 Å². The van der Waals surface area contributed by atoms with E-state index in [1.807, 2.05) is 24.3 Å². The molecule has 0 saturated heterocycles. The second-order valence-electron chi connectivity index (χ2n) is 6.28. The van der Waals surface area contributed by atoms with E-state index in [0.29, 0.717) is 0 Å². The van der Waals surface area contributed by atoms with Crippen LogP contribution in [0.3, 0.4) is 0 Å². The number of benzene rings is 2. The Bertz CT molecular complexity index is 1110. The number of rotatable bonds is 7. The molecule has 0 aliphatic heterocycles. The van der Waals surface area contributed by atoms with Crippen LogP contribution < -0.4 is 26.1 Å². The number of amides is 3. The largest absolute Gasteiger partial charge is 0.493 e. The molecule has 2 aromatic carbocycles. The molecule has 9 nitrogen and oxygen atoms in total. The van der Waals surface area contributed by atoms with Gasteiger partial charge in [-0.1, -0.05) is 29.8 Å². The summed E-state index contributed by atoms with van der Waals surface area (Å²) in [6.07, 6.45) is 1.83. The highest BCUT2D eigenvalue weighted by atomic mass is 35.5. The topological polar surface area (TPSA) is 136 Å². The van der Waals surface area contributed by atoms with Crippen molar-refractivity contribution in [1.82, 2.24) is 15.8 Å². The molecule has 0 aliphatic carbocycles. The Hall–Kier alpha value is -3.72. The van der Waals surface area contributed by atoms with E-state index in [0.717, 1.165) is 16.5 Å². The maximum atomic E-state index is 12.4. The van der Waals surface area contributed by atoms with Crippen LogP contribution in [0.4, 0.5) is 0 Å². The fourth-order valence-electron chi connectivity index (χ4n) is 2.83. The molecular formula is C20H19ClN4O5. The fourth-order valence-corrected chi connectivity index (χ4v) is 3.09. The quantitative estimate of drug-likeness (QED) is 0.423. The molecule has 0 atom stereocenters. The minimum Gasteiger partial charge on any atom is -0.493 e. The van der Waals surface area contributed by atoms with Crippen molar-refractivity contribution >= 4 is 40.2 Å². The van der Waals surface area contributed by atoms with Crippen molar-refractivity contribution in [2.45, 2.75) is 6.42 Å². The van der Waals surface area contributed by atoms with Crippen LogP contribution in [0.15, 0.2) is 42.6 Å². The Morgan fingerprint density at radius 1 is 1.17 bits per heavy atom. The lowest BCUT2D eigenvalue weighted by Gasteiger charge is -2.13. The van der Waals surface area contributed by atoms with Gasteiger partial charge in [-0.3, -0.25) is 25.2 Å². The minimum atomic E-state index is -0.687. The van der Waals surface area contributed by atoms with Crippen molar-refractivity contribution in [2.24, 2.45) is 5.73 Å². The van der Waals surface area contributed by atoms with Crippen molar-refractivity contribution in [3.05, 3.63) is 58.7 Å². The number of methoxy groups -OCH3 is 1. The average Bonchev–Trinajstić information content (AvgIpc) is 3.13. The van der Waals surface area contributed by atoms with Crippen molar-refractivity contribution in [3.63, 3.8) is 0 Å². The van der Waals surface area contributed by atoms with Gasteiger partial charge in [0.2, 0.25) is 5.91 Å². The summed E-state index contributed by atoms with van der Waals surface area (Å²) in [5.74, 6) is -1.47. The number of carbonyl (C=O) groups excluding carboxylic acids is 3. The number of H-pyrrole nitrogens is 1. The summed E-state index contributed by atoms with van der Waals surface area (Å²) in [5.41, 5.74) is 11.6. The van der Waals surface area contributed by atoms with Gasteiger partial charge < -0.3 is 20.2 Å². The maximum absolute atomic E-state index is 12.4. The van der Waals surface area contributed by atoms with Crippen LogP contribution in [0.5, 0.6) is 11.5 Å². The lowest BCUT2D eigenvalue weighted by atomic mass is 10.1. The summed E-state index contributed by atoms with van der Waals surface area (Å²) in [5, 5.41) is 0.980. The van der Waals surface area contributed by atoms with E-state index >= 15 is 0 Å². The van der Waals surface area contributed by atoms with Crippen molar-refractivity contribution in [3.8, 4) is 11.5 Å². The summed E-state index contributed by atoms with van der Waals surface area (Å²) in [4.78, 5) is 38.6. The van der Waals surface area contributed by atoms with Crippen molar-refractivity contribution in [2.75, 3.05) is 13.7 Å². The van der Waals surface area contributed by atoms with E-state index in [2.05, 4.69) is 15.8 Å². The number of ether oxygens (including phenoxy) is 2. The number of aromatic amines is 1. The van der Waals surface area contributed by atoms with Crippen LogP contribution in [-0.4, -0.2) is 36.4 Å². The Morgan fingerprint density at radius 3 is 2.67 bits per heavy atom. The third kappa shape index (κ3) is 4.81. The van der Waals surface area contributed by atoms with Crippen LogP contribution in [0.2, 0.25) is 5.02 Å². The van der Waals surface area contributed by atoms with Gasteiger partial charge in [-0.2, -0.15) is 0 Å². The molecule has 0 aliphatic rings. The minimum absolute atomic E-state index is 0.0471. The van der Waals surface area contributed by atoms with E-state index in [-0.39, 0.29) is 28.5 Å². The molecule has 10 heteroatoms. The molecule has 0 saturated carbocycles. The highest BCUT2D eigenvalue weighted by Gasteiger charge is 2.17. The summed E-state index contributed by atoms with van der Waals surface area (Å²) in [6, 6.07) is 10.3. The molecule has 156 valence electrons. The first-order valence-electron chi connectivity index (χ1n) is 8.82. The van der Waals surface area contributed by atoms with E-state index in [1.165, 1.54) is 19.2 Å². The maximum Gasteiger partial charge on any atom is 0.269 e. The Kier molecular flexibility index (Phi) is 6.43. The van der Waals surface area contributed by atoms with Crippen LogP contribution in [-0.2, 0) is 16.0 Å². The first-order chi connectivity index (χ1) is 14.4. The second-order valence-corrected chi connectivity index (χ2v) is 6.69. The predicted molar refractivity (Wildman–Crippen MR) is 110 cm³/mol. The molecule has 0 bridgehead atoms. The first-order valence-corrected chi connectivity index (χ1v) is 9.19. The smallest absolute Gasteiger partial charge is 0.269 e. The second kappa shape index (κ2) is 9.19. The number of halogens is 1. The Labute approximate surface area is 176 Å². The first kappa shape index (κ1) is 21.0. The molecule has 0 spiro atoms. The monoisotopic (exact) mass is 430 g/mol. The van der Waals surface area contributed by atoms with Crippen LogP contribution >= 0.6 is 11.6 Å². The van der Waals surface area contributed by atoms with Gasteiger partial charge in [-0.05, 0) is 23.8 Å².